The first-order chi connectivity index (χ1) is 17.6. The first-order valence-electron chi connectivity index (χ1n) is 12.7. The first kappa shape index (κ1) is 27.0. The van der Waals surface area contributed by atoms with Crippen LogP contribution in [0.5, 0.6) is 0 Å². The summed E-state index contributed by atoms with van der Waals surface area (Å²) in [5.41, 5.74) is 4.51. The number of methoxy groups -OCH3 is 1. The Morgan fingerprint density at radius 1 is 1.19 bits per heavy atom. The summed E-state index contributed by atoms with van der Waals surface area (Å²) in [5, 5.41) is 13.0. The van der Waals surface area contributed by atoms with Crippen LogP contribution in [0, 0.1) is 5.41 Å². The van der Waals surface area contributed by atoms with Gasteiger partial charge in [0.2, 0.25) is 0 Å². The molecule has 2 amide bonds. The molecule has 1 heterocycles. The van der Waals surface area contributed by atoms with Gasteiger partial charge in [0, 0.05) is 18.3 Å². The normalized spacial score (nSPS) is 23.8. The number of carboxylic acids is 1. The molecule has 0 aromatic heterocycles. The number of hydrogen-bond donors (Lipinski definition) is 2. The number of aromatic carboxylic acids is 1. The molecule has 2 aromatic rings. The van der Waals surface area contributed by atoms with E-state index in [1.165, 1.54) is 29.0 Å². The summed E-state index contributed by atoms with van der Waals surface area (Å²) in [6, 6.07) is 12.0. The van der Waals surface area contributed by atoms with E-state index in [0.29, 0.717) is 29.2 Å². The molecular formula is C30H35ClN2O4. The molecule has 7 heteroatoms. The summed E-state index contributed by atoms with van der Waals surface area (Å²) >= 11 is 6.85. The molecule has 1 aliphatic carbocycles. The second kappa shape index (κ2) is 10.7. The number of benzene rings is 2. The molecule has 0 saturated heterocycles. The van der Waals surface area contributed by atoms with Gasteiger partial charge in [-0.1, -0.05) is 50.1 Å². The number of allylic oxidation sites excluding steroid dienone is 2. The Bertz CT molecular complexity index is 1250. The Kier molecular flexibility index (Phi) is 7.81. The summed E-state index contributed by atoms with van der Waals surface area (Å²) in [4.78, 5) is 26.0. The molecule has 0 radical (unpaired) electrons. The lowest BCUT2D eigenvalue weighted by Crippen LogP contribution is -2.54. The highest BCUT2D eigenvalue weighted by molar-refractivity contribution is 6.32. The fourth-order valence-electron chi connectivity index (χ4n) is 5.10. The number of halogens is 1. The highest BCUT2D eigenvalue weighted by Gasteiger charge is 2.39. The molecule has 0 fully saturated rings. The van der Waals surface area contributed by atoms with E-state index in [4.69, 9.17) is 16.3 Å². The number of carboxylic acid groups (broad SMARTS) is 1. The van der Waals surface area contributed by atoms with Crippen LogP contribution in [-0.2, 0) is 10.3 Å². The third-order valence-corrected chi connectivity index (χ3v) is 8.37. The SMILES string of the molecule is CCC1(C)CC=C(c2ccc([C@]3(C)NC(=O)N(c4ccc(C(=O)O)cc4)C=C3CCOC)cc2Cl)CC1. The van der Waals surface area contributed by atoms with E-state index in [2.05, 4.69) is 31.3 Å². The number of amides is 2. The molecule has 196 valence electrons. The van der Waals surface area contributed by atoms with Crippen molar-refractivity contribution in [3.05, 3.63) is 82.0 Å². The first-order valence-corrected chi connectivity index (χ1v) is 13.1. The van der Waals surface area contributed by atoms with Crippen molar-refractivity contribution in [1.29, 1.82) is 0 Å². The summed E-state index contributed by atoms with van der Waals surface area (Å²) in [5.74, 6) is -1.01. The molecular weight excluding hydrogens is 488 g/mol. The number of carbonyl (C=O) groups excluding carboxylic acids is 1. The highest BCUT2D eigenvalue weighted by Crippen LogP contribution is 2.43. The van der Waals surface area contributed by atoms with E-state index in [-0.39, 0.29) is 11.6 Å². The van der Waals surface area contributed by atoms with Gasteiger partial charge in [-0.2, -0.15) is 0 Å². The van der Waals surface area contributed by atoms with Crippen molar-refractivity contribution < 1.29 is 19.4 Å². The minimum absolute atomic E-state index is 0.164. The van der Waals surface area contributed by atoms with Gasteiger partial charge in [0.1, 0.15) is 0 Å². The van der Waals surface area contributed by atoms with Crippen LogP contribution in [0.25, 0.3) is 5.57 Å². The maximum atomic E-state index is 13.3. The third kappa shape index (κ3) is 5.46. The van der Waals surface area contributed by atoms with E-state index < -0.39 is 11.5 Å². The van der Waals surface area contributed by atoms with Gasteiger partial charge in [-0.3, -0.25) is 4.90 Å². The molecule has 0 bridgehead atoms. The van der Waals surface area contributed by atoms with Crippen LogP contribution < -0.4 is 10.2 Å². The average molecular weight is 523 g/mol. The number of urea groups is 1. The molecule has 1 unspecified atom stereocenters. The van der Waals surface area contributed by atoms with Crippen LogP contribution in [0.15, 0.2) is 60.3 Å². The zero-order chi connectivity index (χ0) is 26.8. The van der Waals surface area contributed by atoms with E-state index >= 15 is 0 Å². The topological polar surface area (TPSA) is 78.9 Å². The van der Waals surface area contributed by atoms with Gasteiger partial charge in [-0.25, -0.2) is 9.59 Å². The van der Waals surface area contributed by atoms with Crippen molar-refractivity contribution in [3.63, 3.8) is 0 Å². The van der Waals surface area contributed by atoms with Crippen molar-refractivity contribution in [1.82, 2.24) is 5.32 Å². The van der Waals surface area contributed by atoms with Crippen molar-refractivity contribution in [2.45, 2.75) is 58.4 Å². The van der Waals surface area contributed by atoms with E-state index in [9.17, 15) is 14.7 Å². The Balaban J connectivity index is 1.67. The molecule has 2 aliphatic rings. The van der Waals surface area contributed by atoms with Crippen LogP contribution in [-0.4, -0.2) is 30.8 Å². The van der Waals surface area contributed by atoms with Crippen molar-refractivity contribution in [2.75, 3.05) is 18.6 Å². The summed E-state index contributed by atoms with van der Waals surface area (Å²) in [7, 11) is 1.65. The average Bonchev–Trinajstić information content (AvgIpc) is 2.89. The van der Waals surface area contributed by atoms with Crippen molar-refractivity contribution in [3.8, 4) is 0 Å². The van der Waals surface area contributed by atoms with Gasteiger partial charge in [0.05, 0.1) is 23.4 Å². The maximum Gasteiger partial charge on any atom is 0.335 e. The number of nitrogens with one attached hydrogen (secondary N) is 1. The van der Waals surface area contributed by atoms with Crippen molar-refractivity contribution >= 4 is 34.9 Å². The number of hydrogen-bond acceptors (Lipinski definition) is 3. The second-order valence-electron chi connectivity index (χ2n) is 10.5. The molecule has 1 aliphatic heterocycles. The predicted octanol–water partition coefficient (Wildman–Crippen LogP) is 7.39. The number of anilines is 1. The lowest BCUT2D eigenvalue weighted by atomic mass is 9.73. The molecule has 2 N–H and O–H groups in total. The number of ether oxygens (including phenoxy) is 1. The standard InChI is InChI=1S/C30H35ClN2O4/c1-5-29(2)15-12-20(13-16-29)25-11-8-22(18-26(25)31)30(3)23(14-17-37-4)19-33(28(36)32-30)24-9-6-21(7-10-24)27(34)35/h6-12,18-19H,5,13-17H2,1-4H3,(H,32,36)(H,34,35)/t29?,30-/m0/s1. The fraction of sp³-hybridized carbons (Fsp3) is 0.400. The van der Waals surface area contributed by atoms with Crippen LogP contribution in [0.4, 0.5) is 10.5 Å². The quantitative estimate of drug-likeness (QED) is 0.379. The summed E-state index contributed by atoms with van der Waals surface area (Å²) in [6.07, 6.45) is 9.12. The summed E-state index contributed by atoms with van der Waals surface area (Å²) < 4.78 is 5.36. The third-order valence-electron chi connectivity index (χ3n) is 8.06. The molecule has 37 heavy (non-hydrogen) atoms. The summed E-state index contributed by atoms with van der Waals surface area (Å²) in [6.45, 7) is 7.06. The number of rotatable bonds is 8. The minimum Gasteiger partial charge on any atom is -0.478 e. The van der Waals surface area contributed by atoms with Crippen molar-refractivity contribution in [2.24, 2.45) is 5.41 Å². The lowest BCUT2D eigenvalue weighted by molar-refractivity contribution is 0.0697. The molecule has 0 saturated carbocycles. The van der Waals surface area contributed by atoms with E-state index in [1.807, 2.05) is 25.3 Å². The van der Waals surface area contributed by atoms with Gasteiger partial charge < -0.3 is 15.2 Å². The molecule has 0 spiro atoms. The Morgan fingerprint density at radius 2 is 1.92 bits per heavy atom. The van der Waals surface area contributed by atoms with Gasteiger partial charge in [-0.15, -0.1) is 0 Å². The predicted molar refractivity (Wildman–Crippen MR) is 148 cm³/mol. The van der Waals surface area contributed by atoms with Crippen LogP contribution >= 0.6 is 11.6 Å². The maximum absolute atomic E-state index is 13.3. The largest absolute Gasteiger partial charge is 0.478 e. The molecule has 2 atom stereocenters. The smallest absolute Gasteiger partial charge is 0.335 e. The van der Waals surface area contributed by atoms with Gasteiger partial charge >= 0.3 is 12.0 Å². The monoisotopic (exact) mass is 522 g/mol. The minimum atomic E-state index is -1.01. The van der Waals surface area contributed by atoms with Crippen LogP contribution in [0.1, 0.15) is 74.4 Å². The molecule has 2 aromatic carbocycles. The van der Waals surface area contributed by atoms with E-state index in [0.717, 1.165) is 36.0 Å². The molecule has 6 nitrogen and oxygen atoms in total. The van der Waals surface area contributed by atoms with Crippen LogP contribution in [0.3, 0.4) is 0 Å². The Morgan fingerprint density at radius 3 is 2.49 bits per heavy atom. The van der Waals surface area contributed by atoms with Gasteiger partial charge in [-0.05, 0) is 90.6 Å². The molecule has 4 rings (SSSR count). The number of nitrogens with zero attached hydrogens (tertiary/aromatic N) is 1. The van der Waals surface area contributed by atoms with Crippen LogP contribution in [0.2, 0.25) is 5.02 Å². The van der Waals surface area contributed by atoms with E-state index in [1.54, 1.807) is 19.2 Å². The lowest BCUT2D eigenvalue weighted by Gasteiger charge is -2.41. The van der Waals surface area contributed by atoms with Gasteiger partial charge in [0.25, 0.3) is 0 Å². The van der Waals surface area contributed by atoms with Gasteiger partial charge in [0.15, 0.2) is 0 Å². The highest BCUT2D eigenvalue weighted by atomic mass is 35.5. The Hall–Kier alpha value is -3.09. The second-order valence-corrected chi connectivity index (χ2v) is 10.9. The fourth-order valence-corrected chi connectivity index (χ4v) is 5.40. The zero-order valence-electron chi connectivity index (χ0n) is 21.9. The Labute approximate surface area is 224 Å². The number of carbonyl (C=O) groups is 2. The zero-order valence-corrected chi connectivity index (χ0v) is 22.7.